The number of aromatic nitrogens is 2. The highest BCUT2D eigenvalue weighted by Crippen LogP contribution is 2.26. The van der Waals surface area contributed by atoms with Crippen molar-refractivity contribution >= 4 is 23.2 Å². The average molecular weight is 362 g/mol. The minimum Gasteiger partial charge on any atom is -0.495 e. The fourth-order valence-electron chi connectivity index (χ4n) is 2.79. The molecule has 0 bridgehead atoms. The quantitative estimate of drug-likeness (QED) is 0.682. The van der Waals surface area contributed by atoms with E-state index in [1.807, 2.05) is 49.4 Å². The molecular weight excluding hydrogens is 340 g/mol. The molecule has 1 amide bonds. The molecular formula is C21H22N4O2. The van der Waals surface area contributed by atoms with Crippen LogP contribution in [0.5, 0.6) is 5.75 Å². The second-order valence-electron chi connectivity index (χ2n) is 6.01. The molecule has 0 spiro atoms. The number of carbonyl (C=O) groups is 1. The number of aryl methyl sites for hydroxylation is 2. The van der Waals surface area contributed by atoms with Crippen molar-refractivity contribution in [1.82, 2.24) is 9.97 Å². The average Bonchev–Trinajstić information content (AvgIpc) is 2.70. The highest BCUT2D eigenvalue weighted by molar-refractivity contribution is 6.03. The first-order chi connectivity index (χ1) is 13.1. The minimum atomic E-state index is -0.274. The minimum absolute atomic E-state index is 0.274. The number of hydrogen-bond donors (Lipinski definition) is 2. The highest BCUT2D eigenvalue weighted by atomic mass is 16.5. The molecule has 0 aliphatic rings. The zero-order valence-electron chi connectivity index (χ0n) is 15.6. The van der Waals surface area contributed by atoms with Gasteiger partial charge >= 0.3 is 0 Å². The van der Waals surface area contributed by atoms with E-state index in [0.29, 0.717) is 11.7 Å². The molecule has 0 saturated carbocycles. The Morgan fingerprint density at radius 3 is 2.70 bits per heavy atom. The van der Waals surface area contributed by atoms with Gasteiger partial charge in [-0.15, -0.1) is 0 Å². The molecule has 6 heteroatoms. The van der Waals surface area contributed by atoms with Gasteiger partial charge in [0, 0.05) is 11.9 Å². The lowest BCUT2D eigenvalue weighted by molar-refractivity contribution is 0.102. The van der Waals surface area contributed by atoms with Gasteiger partial charge in [0.05, 0.1) is 12.8 Å². The number of ether oxygens (including phenoxy) is 1. The number of anilines is 3. The molecule has 138 valence electrons. The van der Waals surface area contributed by atoms with Crippen LogP contribution in [0.2, 0.25) is 0 Å². The van der Waals surface area contributed by atoms with Crippen LogP contribution in [0.3, 0.4) is 0 Å². The molecule has 6 nitrogen and oxygen atoms in total. The molecule has 0 saturated heterocycles. The molecule has 0 radical (unpaired) electrons. The predicted molar refractivity (Wildman–Crippen MR) is 107 cm³/mol. The molecule has 2 N–H and O–H groups in total. The lowest BCUT2D eigenvalue weighted by Gasteiger charge is -2.13. The van der Waals surface area contributed by atoms with Gasteiger partial charge in [-0.05, 0) is 42.7 Å². The normalized spacial score (nSPS) is 10.3. The van der Waals surface area contributed by atoms with Gasteiger partial charge in [0.15, 0.2) is 0 Å². The van der Waals surface area contributed by atoms with E-state index in [-0.39, 0.29) is 11.6 Å². The topological polar surface area (TPSA) is 76.1 Å². The summed E-state index contributed by atoms with van der Waals surface area (Å²) >= 11 is 0. The monoisotopic (exact) mass is 362 g/mol. The number of carbonyl (C=O) groups excluding carboxylic acids is 1. The largest absolute Gasteiger partial charge is 0.495 e. The fourth-order valence-corrected chi connectivity index (χ4v) is 2.79. The maximum absolute atomic E-state index is 12.7. The number of nitrogens with zero attached hydrogens (tertiary/aromatic N) is 2. The molecule has 3 aromatic rings. The van der Waals surface area contributed by atoms with E-state index in [2.05, 4.69) is 27.5 Å². The van der Waals surface area contributed by atoms with Crippen LogP contribution in [-0.4, -0.2) is 23.0 Å². The summed E-state index contributed by atoms with van der Waals surface area (Å²) in [5.41, 5.74) is 3.95. The number of amides is 1. The standard InChI is InChI=1S/C21H22N4O2/c1-4-15-9-7-8-14(2)19(15)25-20(26)17-12-13-22-21(24-17)23-16-10-5-6-11-18(16)27-3/h5-13H,4H2,1-3H3,(H,25,26)(H,22,23,24). The van der Waals surface area contributed by atoms with Crippen LogP contribution in [0.4, 0.5) is 17.3 Å². The van der Waals surface area contributed by atoms with Gasteiger partial charge in [-0.3, -0.25) is 4.79 Å². The van der Waals surface area contributed by atoms with E-state index < -0.39 is 0 Å². The number of benzene rings is 2. The van der Waals surface area contributed by atoms with Gasteiger partial charge in [0.1, 0.15) is 11.4 Å². The zero-order valence-corrected chi connectivity index (χ0v) is 15.6. The van der Waals surface area contributed by atoms with E-state index in [1.165, 1.54) is 0 Å². The number of nitrogens with one attached hydrogen (secondary N) is 2. The Hall–Kier alpha value is -3.41. The summed E-state index contributed by atoms with van der Waals surface area (Å²) in [4.78, 5) is 21.2. The van der Waals surface area contributed by atoms with Crippen molar-refractivity contribution < 1.29 is 9.53 Å². The van der Waals surface area contributed by atoms with Crippen LogP contribution >= 0.6 is 0 Å². The van der Waals surface area contributed by atoms with Crippen molar-refractivity contribution in [3.05, 3.63) is 71.5 Å². The Kier molecular flexibility index (Phi) is 5.66. The van der Waals surface area contributed by atoms with E-state index in [4.69, 9.17) is 4.74 Å². The Balaban J connectivity index is 1.82. The second-order valence-corrected chi connectivity index (χ2v) is 6.01. The third kappa shape index (κ3) is 4.23. The molecule has 0 aliphatic carbocycles. The van der Waals surface area contributed by atoms with Gasteiger partial charge < -0.3 is 15.4 Å². The number of para-hydroxylation sites is 3. The van der Waals surface area contributed by atoms with Crippen LogP contribution in [-0.2, 0) is 6.42 Å². The molecule has 0 fully saturated rings. The molecule has 3 rings (SSSR count). The molecule has 0 aliphatic heterocycles. The molecule has 0 atom stereocenters. The third-order valence-electron chi connectivity index (χ3n) is 4.22. The Bertz CT molecular complexity index is 956. The van der Waals surface area contributed by atoms with Gasteiger partial charge in [-0.25, -0.2) is 9.97 Å². The first-order valence-corrected chi connectivity index (χ1v) is 8.75. The number of hydrogen-bond acceptors (Lipinski definition) is 5. The maximum atomic E-state index is 12.7. The van der Waals surface area contributed by atoms with Crippen molar-refractivity contribution in [3.63, 3.8) is 0 Å². The van der Waals surface area contributed by atoms with Crippen LogP contribution in [0, 0.1) is 6.92 Å². The zero-order chi connectivity index (χ0) is 19.2. The summed E-state index contributed by atoms with van der Waals surface area (Å²) in [6, 6.07) is 15.0. The lowest BCUT2D eigenvalue weighted by Crippen LogP contribution is -2.16. The Labute approximate surface area is 158 Å². The first kappa shape index (κ1) is 18.4. The van der Waals surface area contributed by atoms with Crippen LogP contribution in [0.15, 0.2) is 54.7 Å². The molecule has 27 heavy (non-hydrogen) atoms. The highest BCUT2D eigenvalue weighted by Gasteiger charge is 2.13. The summed E-state index contributed by atoms with van der Waals surface area (Å²) in [6.45, 7) is 4.04. The van der Waals surface area contributed by atoms with Crippen LogP contribution in [0.25, 0.3) is 0 Å². The summed E-state index contributed by atoms with van der Waals surface area (Å²) in [5, 5.41) is 6.07. The molecule has 1 aromatic heterocycles. The van der Waals surface area contributed by atoms with Crippen molar-refractivity contribution in [2.24, 2.45) is 0 Å². The Morgan fingerprint density at radius 2 is 1.93 bits per heavy atom. The number of rotatable bonds is 6. The predicted octanol–water partition coefficient (Wildman–Crippen LogP) is 4.35. The lowest BCUT2D eigenvalue weighted by atomic mass is 10.1. The SMILES string of the molecule is CCc1cccc(C)c1NC(=O)c1ccnc(Nc2ccccc2OC)n1. The summed E-state index contributed by atoms with van der Waals surface area (Å²) in [7, 11) is 1.60. The van der Waals surface area contributed by atoms with Gasteiger partial charge in [-0.2, -0.15) is 0 Å². The van der Waals surface area contributed by atoms with Gasteiger partial charge in [-0.1, -0.05) is 37.3 Å². The molecule has 0 unspecified atom stereocenters. The Morgan fingerprint density at radius 1 is 1.11 bits per heavy atom. The van der Waals surface area contributed by atoms with E-state index in [0.717, 1.165) is 28.9 Å². The van der Waals surface area contributed by atoms with E-state index in [1.54, 1.807) is 19.4 Å². The van der Waals surface area contributed by atoms with Crippen molar-refractivity contribution in [1.29, 1.82) is 0 Å². The number of methoxy groups -OCH3 is 1. The first-order valence-electron chi connectivity index (χ1n) is 8.75. The summed E-state index contributed by atoms with van der Waals surface area (Å²) < 4.78 is 5.32. The van der Waals surface area contributed by atoms with Crippen molar-refractivity contribution in [2.45, 2.75) is 20.3 Å². The van der Waals surface area contributed by atoms with Crippen molar-refractivity contribution in [2.75, 3.05) is 17.7 Å². The second kappa shape index (κ2) is 8.31. The van der Waals surface area contributed by atoms with Crippen LogP contribution in [0.1, 0.15) is 28.5 Å². The fraction of sp³-hybridized carbons (Fsp3) is 0.190. The van der Waals surface area contributed by atoms with Gasteiger partial charge in [0.25, 0.3) is 5.91 Å². The van der Waals surface area contributed by atoms with Gasteiger partial charge in [0.2, 0.25) is 5.95 Å². The van der Waals surface area contributed by atoms with Crippen LogP contribution < -0.4 is 15.4 Å². The summed E-state index contributed by atoms with van der Waals surface area (Å²) in [6.07, 6.45) is 2.39. The third-order valence-corrected chi connectivity index (χ3v) is 4.22. The summed E-state index contributed by atoms with van der Waals surface area (Å²) in [5.74, 6) is 0.723. The smallest absolute Gasteiger partial charge is 0.274 e. The maximum Gasteiger partial charge on any atom is 0.274 e. The van der Waals surface area contributed by atoms with E-state index >= 15 is 0 Å². The van der Waals surface area contributed by atoms with Crippen molar-refractivity contribution in [3.8, 4) is 5.75 Å². The van der Waals surface area contributed by atoms with E-state index in [9.17, 15) is 4.79 Å². The molecule has 2 aromatic carbocycles. The molecule has 1 heterocycles.